The molecule has 3 nitrogen and oxygen atoms in total. The van der Waals surface area contributed by atoms with Gasteiger partial charge in [0.25, 0.3) is 6.01 Å². The molecule has 0 amide bonds. The lowest BCUT2D eigenvalue weighted by atomic mass is 10.3. The molecule has 1 aromatic heterocycles. The van der Waals surface area contributed by atoms with Crippen LogP contribution in [0.2, 0.25) is 0 Å². The molecule has 1 aromatic carbocycles. The summed E-state index contributed by atoms with van der Waals surface area (Å²) in [5, 5.41) is 0. The van der Waals surface area contributed by atoms with Crippen molar-refractivity contribution >= 4 is 23.7 Å². The van der Waals surface area contributed by atoms with Gasteiger partial charge in [0.15, 0.2) is 0 Å². The van der Waals surface area contributed by atoms with Gasteiger partial charge in [-0.3, -0.25) is 0 Å². The first-order valence-corrected chi connectivity index (χ1v) is 3.97. The number of fused-ring (bicyclic) bond motifs is 1. The number of benzene rings is 1. The minimum atomic E-state index is 0.520. The van der Waals surface area contributed by atoms with Crippen LogP contribution in [0.3, 0.4) is 0 Å². The van der Waals surface area contributed by atoms with E-state index in [1.54, 1.807) is 7.11 Å². The van der Waals surface area contributed by atoms with Crippen LogP contribution in [0.4, 0.5) is 0 Å². The average Bonchev–Trinajstić information content (AvgIpc) is 2.49. The molecule has 0 saturated heterocycles. The maximum Gasteiger partial charge on any atom is 0.294 e. The molecule has 0 atom stereocenters. The monoisotopic (exact) mass is 180 g/mol. The Balaban J connectivity index is 2.74. The van der Waals surface area contributed by atoms with Crippen LogP contribution in [0, 0.1) is 0 Å². The first kappa shape index (κ1) is 7.49. The third-order valence-corrected chi connectivity index (χ3v) is 2.02. The van der Waals surface area contributed by atoms with Crippen LogP contribution in [0.1, 0.15) is 0 Å². The summed E-state index contributed by atoms with van der Waals surface area (Å²) in [4.78, 5) is 8.03. The van der Waals surface area contributed by atoms with Crippen LogP contribution in [0.15, 0.2) is 23.1 Å². The fourth-order valence-corrected chi connectivity index (χ4v) is 1.35. The van der Waals surface area contributed by atoms with Crippen LogP contribution >= 0.6 is 12.6 Å². The zero-order valence-electron chi connectivity index (χ0n) is 6.53. The second-order valence-electron chi connectivity index (χ2n) is 2.42. The Bertz CT molecular complexity index is 410. The number of hydrogen-bond acceptors (Lipinski definition) is 3. The van der Waals surface area contributed by atoms with Crippen molar-refractivity contribution in [2.75, 3.05) is 7.11 Å². The molecule has 1 heterocycles. The molecule has 4 heteroatoms. The molecule has 0 radical (unpaired) electrons. The Hall–Kier alpha value is -1.16. The van der Waals surface area contributed by atoms with Crippen LogP contribution in [0.5, 0.6) is 6.01 Å². The van der Waals surface area contributed by atoms with Crippen molar-refractivity contribution in [3.05, 3.63) is 18.2 Å². The van der Waals surface area contributed by atoms with Crippen LogP contribution in [-0.2, 0) is 0 Å². The van der Waals surface area contributed by atoms with Crippen LogP contribution in [0.25, 0.3) is 11.0 Å². The Kier molecular flexibility index (Phi) is 1.69. The zero-order valence-corrected chi connectivity index (χ0v) is 7.43. The summed E-state index contributed by atoms with van der Waals surface area (Å²) < 4.78 is 4.95. The molecule has 0 aliphatic rings. The van der Waals surface area contributed by atoms with Gasteiger partial charge in [0.1, 0.15) is 5.52 Å². The number of methoxy groups -OCH3 is 1. The molecule has 0 spiro atoms. The fourth-order valence-electron chi connectivity index (χ4n) is 1.09. The molecule has 62 valence electrons. The van der Waals surface area contributed by atoms with Crippen molar-refractivity contribution in [2.24, 2.45) is 0 Å². The van der Waals surface area contributed by atoms with Gasteiger partial charge in [-0.15, -0.1) is 12.6 Å². The van der Waals surface area contributed by atoms with Crippen molar-refractivity contribution in [3.63, 3.8) is 0 Å². The second kappa shape index (κ2) is 2.71. The number of hydrogen-bond donors (Lipinski definition) is 2. The van der Waals surface area contributed by atoms with Gasteiger partial charge < -0.3 is 9.72 Å². The maximum absolute atomic E-state index is 4.95. The summed E-state index contributed by atoms with van der Waals surface area (Å²) in [6, 6.07) is 6.27. The quantitative estimate of drug-likeness (QED) is 0.657. The summed E-state index contributed by atoms with van der Waals surface area (Å²) in [5.74, 6) is 0. The fraction of sp³-hybridized carbons (Fsp3) is 0.125. The number of H-pyrrole nitrogens is 1. The lowest BCUT2D eigenvalue weighted by Crippen LogP contribution is -1.82. The highest BCUT2D eigenvalue weighted by Crippen LogP contribution is 2.21. The number of imidazole rings is 1. The van der Waals surface area contributed by atoms with E-state index in [0.717, 1.165) is 15.9 Å². The van der Waals surface area contributed by atoms with Crippen molar-refractivity contribution < 1.29 is 4.74 Å². The highest BCUT2D eigenvalue weighted by molar-refractivity contribution is 7.80. The Morgan fingerprint density at radius 1 is 1.50 bits per heavy atom. The van der Waals surface area contributed by atoms with Gasteiger partial charge in [-0.05, 0) is 12.1 Å². The SMILES string of the molecule is COc1nc2c(S)cccc2[nH]1. The minimum absolute atomic E-state index is 0.520. The van der Waals surface area contributed by atoms with Crippen molar-refractivity contribution in [1.82, 2.24) is 9.97 Å². The average molecular weight is 180 g/mol. The summed E-state index contributed by atoms with van der Waals surface area (Å²) in [6.07, 6.45) is 0. The van der Waals surface area contributed by atoms with E-state index in [2.05, 4.69) is 22.6 Å². The molecule has 0 saturated carbocycles. The predicted octanol–water partition coefficient (Wildman–Crippen LogP) is 1.86. The molecular weight excluding hydrogens is 172 g/mol. The lowest BCUT2D eigenvalue weighted by Gasteiger charge is -1.89. The highest BCUT2D eigenvalue weighted by atomic mass is 32.1. The van der Waals surface area contributed by atoms with Crippen molar-refractivity contribution in [3.8, 4) is 6.01 Å². The third kappa shape index (κ3) is 1.04. The molecule has 0 aliphatic heterocycles. The highest BCUT2D eigenvalue weighted by Gasteiger charge is 2.03. The first-order valence-electron chi connectivity index (χ1n) is 3.53. The number of para-hydroxylation sites is 1. The number of aromatic amines is 1. The molecule has 0 aliphatic carbocycles. The molecule has 2 rings (SSSR count). The largest absolute Gasteiger partial charge is 0.468 e. The first-order chi connectivity index (χ1) is 5.81. The molecule has 1 N–H and O–H groups in total. The second-order valence-corrected chi connectivity index (χ2v) is 2.90. The van der Waals surface area contributed by atoms with Gasteiger partial charge in [-0.2, -0.15) is 4.98 Å². The van der Waals surface area contributed by atoms with Crippen molar-refractivity contribution in [1.29, 1.82) is 0 Å². The molecule has 0 bridgehead atoms. The predicted molar refractivity (Wildman–Crippen MR) is 49.9 cm³/mol. The number of rotatable bonds is 1. The molecule has 0 fully saturated rings. The van der Waals surface area contributed by atoms with E-state index < -0.39 is 0 Å². The van der Waals surface area contributed by atoms with Gasteiger partial charge in [-0.25, -0.2) is 0 Å². The van der Waals surface area contributed by atoms with Gasteiger partial charge in [-0.1, -0.05) is 6.07 Å². The minimum Gasteiger partial charge on any atom is -0.468 e. The lowest BCUT2D eigenvalue weighted by molar-refractivity contribution is 0.386. The molecule has 0 unspecified atom stereocenters. The van der Waals surface area contributed by atoms with Gasteiger partial charge >= 0.3 is 0 Å². The smallest absolute Gasteiger partial charge is 0.294 e. The number of aromatic nitrogens is 2. The van der Waals surface area contributed by atoms with E-state index >= 15 is 0 Å². The van der Waals surface area contributed by atoms with Gasteiger partial charge in [0.2, 0.25) is 0 Å². The topological polar surface area (TPSA) is 37.9 Å². The van der Waals surface area contributed by atoms with Crippen molar-refractivity contribution in [2.45, 2.75) is 4.90 Å². The van der Waals surface area contributed by atoms with Gasteiger partial charge in [0.05, 0.1) is 12.6 Å². The number of thiol groups is 1. The van der Waals surface area contributed by atoms with E-state index in [9.17, 15) is 0 Å². The Morgan fingerprint density at radius 3 is 3.00 bits per heavy atom. The van der Waals surface area contributed by atoms with Crippen LogP contribution in [-0.4, -0.2) is 17.1 Å². The van der Waals surface area contributed by atoms with E-state index in [1.807, 2.05) is 18.2 Å². The number of ether oxygens (including phenoxy) is 1. The molecule has 2 aromatic rings. The summed E-state index contributed by atoms with van der Waals surface area (Å²) in [5.41, 5.74) is 1.79. The van der Waals surface area contributed by atoms with E-state index in [1.165, 1.54) is 0 Å². The normalized spacial score (nSPS) is 10.5. The summed E-state index contributed by atoms with van der Waals surface area (Å²) in [7, 11) is 1.58. The third-order valence-electron chi connectivity index (χ3n) is 1.66. The molecule has 12 heavy (non-hydrogen) atoms. The zero-order chi connectivity index (χ0) is 8.55. The standard InChI is InChI=1S/C8H8N2OS/c1-11-8-9-5-3-2-4-6(12)7(5)10-8/h2-4,12H,1H3,(H,9,10). The van der Waals surface area contributed by atoms with E-state index in [0.29, 0.717) is 6.01 Å². The maximum atomic E-state index is 4.95. The summed E-state index contributed by atoms with van der Waals surface area (Å²) >= 11 is 4.26. The summed E-state index contributed by atoms with van der Waals surface area (Å²) in [6.45, 7) is 0. The van der Waals surface area contributed by atoms with E-state index in [4.69, 9.17) is 4.74 Å². The Labute approximate surface area is 75.2 Å². The number of nitrogens with zero attached hydrogens (tertiary/aromatic N) is 1. The molecular formula is C8H8N2OS. The van der Waals surface area contributed by atoms with Gasteiger partial charge in [0, 0.05) is 4.90 Å². The van der Waals surface area contributed by atoms with Crippen LogP contribution < -0.4 is 4.74 Å². The Morgan fingerprint density at radius 2 is 2.33 bits per heavy atom. The number of nitrogens with one attached hydrogen (secondary N) is 1. The van der Waals surface area contributed by atoms with E-state index in [-0.39, 0.29) is 0 Å².